The van der Waals surface area contributed by atoms with Gasteiger partial charge in [-0.15, -0.1) is 0 Å². The summed E-state index contributed by atoms with van der Waals surface area (Å²) in [6.07, 6.45) is 2.14. The first-order valence-corrected chi connectivity index (χ1v) is 7.20. The lowest BCUT2D eigenvalue weighted by Crippen LogP contribution is -2.42. The van der Waals surface area contributed by atoms with Crippen molar-refractivity contribution in [1.29, 1.82) is 0 Å². The van der Waals surface area contributed by atoms with Crippen LogP contribution in [-0.4, -0.2) is 42.5 Å². The summed E-state index contributed by atoms with van der Waals surface area (Å²) in [7, 11) is 0. The maximum absolute atomic E-state index is 11.8. The van der Waals surface area contributed by atoms with Gasteiger partial charge in [-0.2, -0.15) is 0 Å². The molecule has 0 aliphatic carbocycles. The average Bonchev–Trinajstić information content (AvgIpc) is 2.33. The molecule has 0 saturated heterocycles. The maximum atomic E-state index is 11.8. The van der Waals surface area contributed by atoms with Gasteiger partial charge in [0, 0.05) is 18.0 Å². The summed E-state index contributed by atoms with van der Waals surface area (Å²) >= 11 is 0. The van der Waals surface area contributed by atoms with Gasteiger partial charge >= 0.3 is 0 Å². The summed E-state index contributed by atoms with van der Waals surface area (Å²) in [5.74, 6) is -0.0458. The molecule has 0 fully saturated rings. The lowest BCUT2D eigenvalue weighted by Gasteiger charge is -2.21. The highest BCUT2D eigenvalue weighted by molar-refractivity contribution is 5.79. The van der Waals surface area contributed by atoms with Crippen molar-refractivity contribution in [2.75, 3.05) is 19.6 Å². The van der Waals surface area contributed by atoms with Crippen molar-refractivity contribution in [3.8, 4) is 0 Å². The quantitative estimate of drug-likeness (QED) is 0.659. The predicted molar refractivity (Wildman–Crippen MR) is 77.4 cm³/mol. The summed E-state index contributed by atoms with van der Waals surface area (Å²) in [6, 6.07) is 0.141. The predicted octanol–water partition coefficient (Wildman–Crippen LogP) is 1.60. The zero-order valence-corrected chi connectivity index (χ0v) is 12.7. The van der Waals surface area contributed by atoms with Crippen LogP contribution in [0.5, 0.6) is 0 Å². The van der Waals surface area contributed by atoms with Crippen LogP contribution < -0.4 is 11.1 Å². The molecule has 0 spiro atoms. The minimum absolute atomic E-state index is 0.0698. The fourth-order valence-corrected chi connectivity index (χ4v) is 1.85. The van der Waals surface area contributed by atoms with Crippen molar-refractivity contribution in [2.24, 2.45) is 11.7 Å². The van der Waals surface area contributed by atoms with Gasteiger partial charge in [-0.3, -0.25) is 4.79 Å². The molecular weight excluding hydrogens is 226 g/mol. The van der Waals surface area contributed by atoms with Crippen molar-refractivity contribution >= 4 is 5.91 Å². The van der Waals surface area contributed by atoms with Crippen molar-refractivity contribution in [2.45, 2.75) is 59.5 Å². The molecule has 108 valence electrons. The van der Waals surface area contributed by atoms with Crippen LogP contribution in [0.25, 0.3) is 0 Å². The number of rotatable bonds is 9. The van der Waals surface area contributed by atoms with Crippen molar-refractivity contribution < 1.29 is 4.79 Å². The van der Waals surface area contributed by atoms with Crippen molar-refractivity contribution in [1.82, 2.24) is 10.2 Å². The van der Waals surface area contributed by atoms with Crippen LogP contribution in [0.2, 0.25) is 0 Å². The van der Waals surface area contributed by atoms with Gasteiger partial charge in [-0.1, -0.05) is 20.8 Å². The molecule has 1 amide bonds. The third-order valence-corrected chi connectivity index (χ3v) is 3.60. The monoisotopic (exact) mass is 257 g/mol. The van der Waals surface area contributed by atoms with Crippen LogP contribution in [-0.2, 0) is 4.79 Å². The Morgan fingerprint density at radius 2 is 1.78 bits per heavy atom. The molecule has 18 heavy (non-hydrogen) atoms. The first-order chi connectivity index (χ1) is 8.42. The first kappa shape index (κ1) is 17.4. The van der Waals surface area contributed by atoms with E-state index < -0.39 is 0 Å². The highest BCUT2D eigenvalue weighted by Crippen LogP contribution is 2.04. The molecule has 0 saturated carbocycles. The van der Waals surface area contributed by atoms with E-state index in [4.69, 9.17) is 5.73 Å². The Kier molecular flexibility index (Phi) is 9.02. The highest BCUT2D eigenvalue weighted by Gasteiger charge is 2.18. The Balaban J connectivity index is 3.83. The molecule has 0 rings (SSSR count). The molecule has 0 aliphatic heterocycles. The molecule has 4 nitrogen and oxygen atoms in total. The first-order valence-electron chi connectivity index (χ1n) is 7.20. The van der Waals surface area contributed by atoms with Crippen LogP contribution in [0.15, 0.2) is 0 Å². The van der Waals surface area contributed by atoms with E-state index in [0.29, 0.717) is 0 Å². The number of nitrogens with one attached hydrogen (secondary N) is 1. The minimum atomic E-state index is -0.116. The largest absolute Gasteiger partial charge is 0.353 e. The van der Waals surface area contributed by atoms with E-state index in [2.05, 4.69) is 31.0 Å². The van der Waals surface area contributed by atoms with Gasteiger partial charge in [-0.05, 0) is 46.3 Å². The topological polar surface area (TPSA) is 58.4 Å². The summed E-state index contributed by atoms with van der Waals surface area (Å²) < 4.78 is 0. The standard InChI is InChI=1S/C14H31N3O/c1-6-17(7-2)10-8-9-11(3)16-14(18)12(4)13(5)15/h11-13H,6-10,15H2,1-5H3,(H,16,18). The Morgan fingerprint density at radius 1 is 1.22 bits per heavy atom. The number of carbonyl (C=O) groups is 1. The van der Waals surface area contributed by atoms with E-state index in [9.17, 15) is 4.79 Å². The van der Waals surface area contributed by atoms with Crippen LogP contribution in [0.3, 0.4) is 0 Å². The Hall–Kier alpha value is -0.610. The van der Waals surface area contributed by atoms with Gasteiger partial charge in [-0.25, -0.2) is 0 Å². The van der Waals surface area contributed by atoms with Gasteiger partial charge in [0.15, 0.2) is 0 Å². The van der Waals surface area contributed by atoms with E-state index in [1.807, 2.05) is 13.8 Å². The third-order valence-electron chi connectivity index (χ3n) is 3.60. The number of carbonyl (C=O) groups excluding carboxylic acids is 1. The second kappa shape index (κ2) is 9.34. The fourth-order valence-electron chi connectivity index (χ4n) is 1.85. The van der Waals surface area contributed by atoms with E-state index >= 15 is 0 Å². The van der Waals surface area contributed by atoms with Crippen LogP contribution in [0.1, 0.15) is 47.5 Å². The Morgan fingerprint density at radius 3 is 2.22 bits per heavy atom. The smallest absolute Gasteiger partial charge is 0.224 e. The molecule has 3 N–H and O–H groups in total. The molecule has 0 aromatic heterocycles. The van der Waals surface area contributed by atoms with Crippen molar-refractivity contribution in [3.63, 3.8) is 0 Å². The summed E-state index contributed by atoms with van der Waals surface area (Å²) in [5, 5.41) is 3.03. The Labute approximate surface area is 112 Å². The normalized spacial score (nSPS) is 16.4. The maximum Gasteiger partial charge on any atom is 0.224 e. The van der Waals surface area contributed by atoms with E-state index in [1.165, 1.54) is 0 Å². The van der Waals surface area contributed by atoms with Crippen LogP contribution in [0, 0.1) is 5.92 Å². The number of hydrogen-bond acceptors (Lipinski definition) is 3. The molecule has 0 aromatic rings. The second-order valence-corrected chi connectivity index (χ2v) is 5.23. The molecule has 4 heteroatoms. The molecule has 0 bridgehead atoms. The Bertz CT molecular complexity index is 227. The molecule has 3 atom stereocenters. The summed E-state index contributed by atoms with van der Waals surface area (Å²) in [6.45, 7) is 13.5. The number of nitrogens with zero attached hydrogens (tertiary/aromatic N) is 1. The van der Waals surface area contributed by atoms with Crippen molar-refractivity contribution in [3.05, 3.63) is 0 Å². The van der Waals surface area contributed by atoms with E-state index in [-0.39, 0.29) is 23.9 Å². The number of hydrogen-bond donors (Lipinski definition) is 2. The summed E-state index contributed by atoms with van der Waals surface area (Å²) in [4.78, 5) is 14.2. The van der Waals surface area contributed by atoms with Gasteiger partial charge in [0.1, 0.15) is 0 Å². The molecule has 0 aromatic carbocycles. The van der Waals surface area contributed by atoms with Gasteiger partial charge in [0.05, 0.1) is 0 Å². The number of amides is 1. The van der Waals surface area contributed by atoms with Gasteiger partial charge in [0.25, 0.3) is 0 Å². The van der Waals surface area contributed by atoms with Gasteiger partial charge < -0.3 is 16.0 Å². The zero-order chi connectivity index (χ0) is 14.1. The second-order valence-electron chi connectivity index (χ2n) is 5.23. The SMILES string of the molecule is CCN(CC)CCCC(C)NC(=O)C(C)C(C)N. The fraction of sp³-hybridized carbons (Fsp3) is 0.929. The molecule has 0 radical (unpaired) electrons. The molecule has 0 aliphatic rings. The molecular formula is C14H31N3O. The summed E-state index contributed by atoms with van der Waals surface area (Å²) in [5.41, 5.74) is 5.72. The van der Waals surface area contributed by atoms with Crippen LogP contribution >= 0.6 is 0 Å². The highest BCUT2D eigenvalue weighted by atomic mass is 16.1. The zero-order valence-electron chi connectivity index (χ0n) is 12.7. The number of nitrogens with two attached hydrogens (primary N) is 1. The molecule has 0 heterocycles. The lowest BCUT2D eigenvalue weighted by molar-refractivity contribution is -0.125. The van der Waals surface area contributed by atoms with E-state index in [0.717, 1.165) is 32.5 Å². The van der Waals surface area contributed by atoms with Crippen LogP contribution in [0.4, 0.5) is 0 Å². The third kappa shape index (κ3) is 6.97. The lowest BCUT2D eigenvalue weighted by atomic mass is 10.0. The minimum Gasteiger partial charge on any atom is -0.353 e. The van der Waals surface area contributed by atoms with Gasteiger partial charge in [0.2, 0.25) is 5.91 Å². The average molecular weight is 257 g/mol. The van der Waals surface area contributed by atoms with E-state index in [1.54, 1.807) is 0 Å². The molecule has 3 unspecified atom stereocenters.